The molecule has 0 spiro atoms. The van der Waals surface area contributed by atoms with Crippen LogP contribution in [0.15, 0.2) is 16.6 Å². The van der Waals surface area contributed by atoms with E-state index in [0.29, 0.717) is 18.8 Å². The first kappa shape index (κ1) is 12.7. The highest BCUT2D eigenvalue weighted by Gasteiger charge is 2.41. The summed E-state index contributed by atoms with van der Waals surface area (Å²) < 4.78 is 11.9. The number of rotatable bonds is 5. The number of methoxy groups -OCH3 is 1. The molecule has 94 valence electrons. The van der Waals surface area contributed by atoms with Crippen LogP contribution in [-0.4, -0.2) is 24.4 Å². The second-order valence-electron chi connectivity index (χ2n) is 4.39. The van der Waals surface area contributed by atoms with Gasteiger partial charge in [0.15, 0.2) is 11.5 Å². The van der Waals surface area contributed by atoms with Crippen LogP contribution in [-0.2, 0) is 6.42 Å². The van der Waals surface area contributed by atoms with Crippen LogP contribution >= 0.6 is 15.9 Å². The summed E-state index contributed by atoms with van der Waals surface area (Å²) in [4.78, 5) is 0. The normalized spacial score (nSPS) is 16.7. The van der Waals surface area contributed by atoms with E-state index in [0.717, 1.165) is 28.6 Å². The SMILES string of the molecule is CCOc1c(OC)ccc(Br)c1CC1(O)CC1. The van der Waals surface area contributed by atoms with Gasteiger partial charge in [-0.1, -0.05) is 15.9 Å². The lowest BCUT2D eigenvalue weighted by Gasteiger charge is -2.17. The molecule has 1 aromatic rings. The quantitative estimate of drug-likeness (QED) is 0.909. The van der Waals surface area contributed by atoms with Crippen molar-refractivity contribution in [2.75, 3.05) is 13.7 Å². The Kier molecular flexibility index (Phi) is 3.64. The van der Waals surface area contributed by atoms with Gasteiger partial charge in [-0.05, 0) is 31.9 Å². The third-order valence-corrected chi connectivity index (χ3v) is 3.75. The van der Waals surface area contributed by atoms with Crippen molar-refractivity contribution in [3.63, 3.8) is 0 Å². The summed E-state index contributed by atoms with van der Waals surface area (Å²) in [5.74, 6) is 1.46. The molecule has 0 unspecified atom stereocenters. The third kappa shape index (κ3) is 2.75. The van der Waals surface area contributed by atoms with Gasteiger partial charge in [-0.2, -0.15) is 0 Å². The van der Waals surface area contributed by atoms with Gasteiger partial charge >= 0.3 is 0 Å². The monoisotopic (exact) mass is 300 g/mol. The molecule has 1 N–H and O–H groups in total. The molecule has 0 heterocycles. The predicted molar refractivity (Wildman–Crippen MR) is 69.8 cm³/mol. The zero-order valence-corrected chi connectivity index (χ0v) is 11.7. The minimum absolute atomic E-state index is 0.541. The van der Waals surface area contributed by atoms with Crippen LogP contribution < -0.4 is 9.47 Å². The van der Waals surface area contributed by atoms with E-state index in [4.69, 9.17) is 9.47 Å². The summed E-state index contributed by atoms with van der Waals surface area (Å²) in [6, 6.07) is 3.80. The van der Waals surface area contributed by atoms with Crippen LogP contribution in [0.5, 0.6) is 11.5 Å². The fourth-order valence-electron chi connectivity index (χ4n) is 1.86. The van der Waals surface area contributed by atoms with Gasteiger partial charge in [0, 0.05) is 16.5 Å². The standard InChI is InChI=1S/C13H17BrO3/c1-3-17-12-9(8-13(15)6-7-13)10(14)4-5-11(12)16-2/h4-5,15H,3,6-8H2,1-2H3. The molecule has 17 heavy (non-hydrogen) atoms. The van der Waals surface area contributed by atoms with E-state index in [2.05, 4.69) is 15.9 Å². The molecule has 0 atom stereocenters. The number of benzene rings is 1. The van der Waals surface area contributed by atoms with E-state index in [1.54, 1.807) is 7.11 Å². The van der Waals surface area contributed by atoms with E-state index in [1.165, 1.54) is 0 Å². The first-order chi connectivity index (χ1) is 8.09. The average molecular weight is 301 g/mol. The summed E-state index contributed by atoms with van der Waals surface area (Å²) in [7, 11) is 1.63. The molecule has 3 nitrogen and oxygen atoms in total. The van der Waals surface area contributed by atoms with Gasteiger partial charge in [0.05, 0.1) is 19.3 Å². The molecule has 2 rings (SSSR count). The highest BCUT2D eigenvalue weighted by Crippen LogP contribution is 2.44. The Morgan fingerprint density at radius 1 is 1.41 bits per heavy atom. The largest absolute Gasteiger partial charge is 0.493 e. The fraction of sp³-hybridized carbons (Fsp3) is 0.538. The molecule has 0 bridgehead atoms. The number of halogens is 1. The molecule has 1 saturated carbocycles. The Bertz CT molecular complexity index is 413. The van der Waals surface area contributed by atoms with Crippen molar-refractivity contribution in [2.24, 2.45) is 0 Å². The molecular formula is C13H17BrO3. The lowest BCUT2D eigenvalue weighted by molar-refractivity contribution is 0.149. The zero-order chi connectivity index (χ0) is 12.5. The minimum atomic E-state index is -0.541. The van der Waals surface area contributed by atoms with E-state index < -0.39 is 5.60 Å². The van der Waals surface area contributed by atoms with Crippen molar-refractivity contribution in [3.8, 4) is 11.5 Å². The topological polar surface area (TPSA) is 38.7 Å². The summed E-state index contributed by atoms with van der Waals surface area (Å²) in [6.45, 7) is 2.52. The van der Waals surface area contributed by atoms with Crippen LogP contribution in [0.25, 0.3) is 0 Å². The van der Waals surface area contributed by atoms with Crippen LogP contribution in [0.4, 0.5) is 0 Å². The lowest BCUT2D eigenvalue weighted by Crippen LogP contribution is -2.13. The molecular weight excluding hydrogens is 284 g/mol. The van der Waals surface area contributed by atoms with Crippen molar-refractivity contribution in [3.05, 3.63) is 22.2 Å². The molecule has 0 aromatic heterocycles. The predicted octanol–water partition coefficient (Wildman–Crippen LogP) is 2.92. The second-order valence-corrected chi connectivity index (χ2v) is 5.25. The van der Waals surface area contributed by atoms with Gasteiger partial charge in [-0.15, -0.1) is 0 Å². The Labute approximate surface area is 110 Å². The molecule has 0 aliphatic heterocycles. The molecule has 4 heteroatoms. The van der Waals surface area contributed by atoms with Gasteiger partial charge in [0.1, 0.15) is 0 Å². The van der Waals surface area contributed by atoms with Crippen molar-refractivity contribution in [2.45, 2.75) is 31.8 Å². The highest BCUT2D eigenvalue weighted by molar-refractivity contribution is 9.10. The maximum absolute atomic E-state index is 10.0. The molecule has 0 radical (unpaired) electrons. The lowest BCUT2D eigenvalue weighted by atomic mass is 10.0. The van der Waals surface area contributed by atoms with Crippen LogP contribution in [0.1, 0.15) is 25.3 Å². The van der Waals surface area contributed by atoms with Gasteiger partial charge in [-0.25, -0.2) is 0 Å². The van der Waals surface area contributed by atoms with E-state index in [1.807, 2.05) is 19.1 Å². The molecule has 1 fully saturated rings. The molecule has 0 saturated heterocycles. The zero-order valence-electron chi connectivity index (χ0n) is 10.1. The fourth-order valence-corrected chi connectivity index (χ4v) is 2.31. The van der Waals surface area contributed by atoms with Gasteiger partial charge in [0.2, 0.25) is 0 Å². The second kappa shape index (κ2) is 4.86. The van der Waals surface area contributed by atoms with Crippen molar-refractivity contribution in [1.29, 1.82) is 0 Å². The van der Waals surface area contributed by atoms with Crippen LogP contribution in [0.2, 0.25) is 0 Å². The van der Waals surface area contributed by atoms with Gasteiger partial charge in [-0.3, -0.25) is 0 Å². The minimum Gasteiger partial charge on any atom is -0.493 e. The van der Waals surface area contributed by atoms with Crippen LogP contribution in [0, 0.1) is 0 Å². The summed E-state index contributed by atoms with van der Waals surface area (Å²) >= 11 is 3.51. The average Bonchev–Trinajstić information content (AvgIpc) is 3.02. The maximum Gasteiger partial charge on any atom is 0.165 e. The number of aliphatic hydroxyl groups is 1. The van der Waals surface area contributed by atoms with Crippen molar-refractivity contribution >= 4 is 15.9 Å². The Balaban J connectivity index is 2.38. The molecule has 0 amide bonds. The first-order valence-electron chi connectivity index (χ1n) is 5.80. The van der Waals surface area contributed by atoms with Crippen molar-refractivity contribution in [1.82, 2.24) is 0 Å². The summed E-state index contributed by atoms with van der Waals surface area (Å²) in [5.41, 5.74) is 0.451. The number of ether oxygens (including phenoxy) is 2. The van der Waals surface area contributed by atoms with E-state index >= 15 is 0 Å². The van der Waals surface area contributed by atoms with Gasteiger partial charge < -0.3 is 14.6 Å². The van der Waals surface area contributed by atoms with E-state index in [9.17, 15) is 5.11 Å². The Morgan fingerprint density at radius 3 is 2.65 bits per heavy atom. The van der Waals surface area contributed by atoms with E-state index in [-0.39, 0.29) is 0 Å². The summed E-state index contributed by atoms with van der Waals surface area (Å²) in [6.07, 6.45) is 2.34. The summed E-state index contributed by atoms with van der Waals surface area (Å²) in [5, 5.41) is 10.0. The Hall–Kier alpha value is -0.740. The number of hydrogen-bond donors (Lipinski definition) is 1. The Morgan fingerprint density at radius 2 is 2.12 bits per heavy atom. The van der Waals surface area contributed by atoms with Crippen LogP contribution in [0.3, 0.4) is 0 Å². The molecule has 1 aliphatic rings. The molecule has 1 aliphatic carbocycles. The molecule has 1 aromatic carbocycles. The number of hydrogen-bond acceptors (Lipinski definition) is 3. The maximum atomic E-state index is 10.0. The smallest absolute Gasteiger partial charge is 0.165 e. The first-order valence-corrected chi connectivity index (χ1v) is 6.59. The third-order valence-electron chi connectivity index (χ3n) is 3.01. The highest BCUT2D eigenvalue weighted by atomic mass is 79.9. The van der Waals surface area contributed by atoms with Crippen molar-refractivity contribution < 1.29 is 14.6 Å². The van der Waals surface area contributed by atoms with Gasteiger partial charge in [0.25, 0.3) is 0 Å².